The van der Waals surface area contributed by atoms with Crippen LogP contribution in [0.3, 0.4) is 0 Å². The molecule has 1 aromatic carbocycles. The van der Waals surface area contributed by atoms with E-state index in [-0.39, 0.29) is 0 Å². The molecule has 0 spiro atoms. The van der Waals surface area contributed by atoms with Crippen LogP contribution in [0.5, 0.6) is 5.75 Å². The lowest BCUT2D eigenvalue weighted by Gasteiger charge is -2.08. The van der Waals surface area contributed by atoms with E-state index < -0.39 is 0 Å². The molecule has 0 atom stereocenters. The van der Waals surface area contributed by atoms with Gasteiger partial charge in [-0.3, -0.25) is 4.79 Å². The number of hydrogen-bond acceptors (Lipinski definition) is 3. The molecule has 21 heavy (non-hydrogen) atoms. The van der Waals surface area contributed by atoms with Crippen molar-refractivity contribution in [2.24, 2.45) is 0 Å². The van der Waals surface area contributed by atoms with Gasteiger partial charge in [0.1, 0.15) is 5.75 Å². The zero-order chi connectivity index (χ0) is 15.0. The van der Waals surface area contributed by atoms with E-state index in [2.05, 4.69) is 0 Å². The van der Waals surface area contributed by atoms with Crippen molar-refractivity contribution >= 4 is 17.5 Å². The summed E-state index contributed by atoms with van der Waals surface area (Å²) in [6.45, 7) is 1.89. The Morgan fingerprint density at radius 2 is 1.86 bits per heavy atom. The topological polar surface area (TPSA) is 56.7 Å². The van der Waals surface area contributed by atoms with E-state index in [0.29, 0.717) is 11.4 Å². The van der Waals surface area contributed by atoms with Crippen molar-refractivity contribution in [1.82, 2.24) is 4.40 Å². The highest BCUT2D eigenvalue weighted by molar-refractivity contribution is 5.86. The van der Waals surface area contributed by atoms with Crippen LogP contribution in [0.2, 0.25) is 0 Å². The van der Waals surface area contributed by atoms with Gasteiger partial charge in [0.05, 0.1) is 24.0 Å². The lowest BCUT2D eigenvalue weighted by Crippen LogP contribution is -1.97. The summed E-state index contributed by atoms with van der Waals surface area (Å²) in [6, 6.07) is 13.5. The number of nitrogens with zero attached hydrogens (tertiary/aromatic N) is 1. The molecular weight excluding hydrogens is 264 g/mol. The van der Waals surface area contributed by atoms with E-state index in [4.69, 9.17) is 10.5 Å². The maximum atomic E-state index is 11.5. The number of anilines is 1. The molecule has 0 aliphatic carbocycles. The summed E-state index contributed by atoms with van der Waals surface area (Å²) in [5, 5.41) is 0. The van der Waals surface area contributed by atoms with Gasteiger partial charge in [-0.2, -0.15) is 0 Å². The minimum absolute atomic E-state index is 0.606. The Balaban J connectivity index is 2.39. The van der Waals surface area contributed by atoms with Gasteiger partial charge in [-0.25, -0.2) is 0 Å². The second-order valence-electron chi connectivity index (χ2n) is 4.92. The Morgan fingerprint density at radius 1 is 1.14 bits per heavy atom. The summed E-state index contributed by atoms with van der Waals surface area (Å²) in [6.07, 6.45) is 0.867. The molecule has 4 heteroatoms. The number of aromatic nitrogens is 1. The fourth-order valence-corrected chi connectivity index (χ4v) is 2.70. The summed E-state index contributed by atoms with van der Waals surface area (Å²) in [7, 11) is 1.62. The predicted octanol–water partition coefficient (Wildman–Crippen LogP) is 3.32. The van der Waals surface area contributed by atoms with Crippen molar-refractivity contribution in [1.29, 1.82) is 0 Å². The molecule has 0 fully saturated rings. The smallest absolute Gasteiger partial charge is 0.167 e. The van der Waals surface area contributed by atoms with E-state index >= 15 is 0 Å². The van der Waals surface area contributed by atoms with Crippen molar-refractivity contribution in [3.8, 4) is 17.0 Å². The van der Waals surface area contributed by atoms with Crippen LogP contribution in [-0.4, -0.2) is 17.8 Å². The van der Waals surface area contributed by atoms with Gasteiger partial charge in [0.15, 0.2) is 6.29 Å². The zero-order valence-electron chi connectivity index (χ0n) is 12.0. The molecule has 0 radical (unpaired) electrons. The lowest BCUT2D eigenvalue weighted by molar-refractivity contribution is 0.111. The first kappa shape index (κ1) is 13.2. The molecule has 0 aliphatic heterocycles. The highest BCUT2D eigenvalue weighted by Gasteiger charge is 2.17. The maximum Gasteiger partial charge on any atom is 0.167 e. The summed E-state index contributed by atoms with van der Waals surface area (Å²) in [5.74, 6) is 0.731. The molecule has 0 saturated carbocycles. The molecule has 0 aliphatic rings. The molecule has 2 heterocycles. The molecule has 2 aromatic heterocycles. The van der Waals surface area contributed by atoms with Crippen molar-refractivity contribution in [3.63, 3.8) is 0 Å². The van der Waals surface area contributed by atoms with Crippen molar-refractivity contribution < 1.29 is 9.53 Å². The van der Waals surface area contributed by atoms with Crippen LogP contribution < -0.4 is 10.5 Å². The Hall–Kier alpha value is -2.75. The Kier molecular flexibility index (Phi) is 3.14. The SMILES string of the molecule is COc1c(C)c(C=O)n2c(-c3ccc(N)cc3)cccc12. The van der Waals surface area contributed by atoms with Crippen LogP contribution in [-0.2, 0) is 0 Å². The number of methoxy groups -OCH3 is 1. The van der Waals surface area contributed by atoms with Crippen molar-refractivity contribution in [2.45, 2.75) is 6.92 Å². The number of carbonyl (C=O) groups is 1. The second kappa shape index (κ2) is 4.98. The average molecular weight is 280 g/mol. The molecule has 0 unspecified atom stereocenters. The first-order valence-electron chi connectivity index (χ1n) is 6.66. The van der Waals surface area contributed by atoms with E-state index in [0.717, 1.165) is 34.4 Å². The van der Waals surface area contributed by atoms with Gasteiger partial charge in [0.2, 0.25) is 0 Å². The highest BCUT2D eigenvalue weighted by Crippen LogP contribution is 2.33. The van der Waals surface area contributed by atoms with Gasteiger partial charge >= 0.3 is 0 Å². The number of hydrogen-bond donors (Lipinski definition) is 1. The fraction of sp³-hybridized carbons (Fsp3) is 0.118. The third-order valence-electron chi connectivity index (χ3n) is 3.71. The molecular formula is C17H16N2O2. The molecule has 0 amide bonds. The predicted molar refractivity (Wildman–Crippen MR) is 83.9 cm³/mol. The quantitative estimate of drug-likeness (QED) is 0.591. The number of ether oxygens (including phenoxy) is 1. The Bertz CT molecular complexity index is 817. The van der Waals surface area contributed by atoms with E-state index in [1.165, 1.54) is 0 Å². The highest BCUT2D eigenvalue weighted by atomic mass is 16.5. The van der Waals surface area contributed by atoms with E-state index in [1.807, 2.05) is 53.8 Å². The summed E-state index contributed by atoms with van der Waals surface area (Å²) in [4.78, 5) is 11.5. The maximum absolute atomic E-state index is 11.5. The van der Waals surface area contributed by atoms with Crippen LogP contribution in [0.4, 0.5) is 5.69 Å². The monoisotopic (exact) mass is 280 g/mol. The number of nitrogens with two attached hydrogens (primary N) is 1. The van der Waals surface area contributed by atoms with E-state index in [1.54, 1.807) is 7.11 Å². The van der Waals surface area contributed by atoms with Gasteiger partial charge in [-0.05, 0) is 36.8 Å². The van der Waals surface area contributed by atoms with E-state index in [9.17, 15) is 4.79 Å². The molecule has 3 aromatic rings. The Labute approximate surface area is 122 Å². The summed E-state index contributed by atoms with van der Waals surface area (Å²) >= 11 is 0. The fourth-order valence-electron chi connectivity index (χ4n) is 2.70. The average Bonchev–Trinajstić information content (AvgIpc) is 2.78. The lowest BCUT2D eigenvalue weighted by atomic mass is 10.1. The van der Waals surface area contributed by atoms with Gasteiger partial charge in [0.25, 0.3) is 0 Å². The third kappa shape index (κ3) is 1.96. The zero-order valence-corrected chi connectivity index (χ0v) is 12.0. The van der Waals surface area contributed by atoms with Crippen LogP contribution in [0, 0.1) is 6.92 Å². The third-order valence-corrected chi connectivity index (χ3v) is 3.71. The number of nitrogen functional groups attached to an aromatic ring is 1. The number of benzene rings is 1. The second-order valence-corrected chi connectivity index (χ2v) is 4.92. The number of pyridine rings is 1. The standard InChI is InChI=1S/C17H16N2O2/c1-11-16(10-20)19-14(12-6-8-13(18)9-7-12)4-3-5-15(19)17(11)21-2/h3-10H,18H2,1-2H3. The first-order valence-corrected chi connectivity index (χ1v) is 6.66. The van der Waals surface area contributed by atoms with Crippen LogP contribution in [0.15, 0.2) is 42.5 Å². The molecule has 2 N–H and O–H groups in total. The van der Waals surface area contributed by atoms with Crippen molar-refractivity contribution in [3.05, 3.63) is 53.7 Å². The van der Waals surface area contributed by atoms with Gasteiger partial charge in [0, 0.05) is 11.3 Å². The molecule has 106 valence electrons. The number of rotatable bonds is 3. The summed E-state index contributed by atoms with van der Waals surface area (Å²) in [5.41, 5.74) is 10.7. The number of aldehydes is 1. The van der Waals surface area contributed by atoms with Gasteiger partial charge in [-0.15, -0.1) is 0 Å². The van der Waals surface area contributed by atoms with Crippen molar-refractivity contribution in [2.75, 3.05) is 12.8 Å². The molecule has 0 bridgehead atoms. The number of fused-ring (bicyclic) bond motifs is 1. The summed E-state index contributed by atoms with van der Waals surface area (Å²) < 4.78 is 7.37. The van der Waals surface area contributed by atoms with Crippen LogP contribution in [0.25, 0.3) is 16.8 Å². The first-order chi connectivity index (χ1) is 10.2. The van der Waals surface area contributed by atoms with Crippen LogP contribution in [0.1, 0.15) is 16.1 Å². The normalized spacial score (nSPS) is 10.8. The van der Waals surface area contributed by atoms with Gasteiger partial charge < -0.3 is 14.9 Å². The Morgan fingerprint density at radius 3 is 2.48 bits per heavy atom. The number of carbonyl (C=O) groups excluding carboxylic acids is 1. The molecule has 3 rings (SSSR count). The van der Waals surface area contributed by atoms with Gasteiger partial charge in [-0.1, -0.05) is 18.2 Å². The minimum atomic E-state index is 0.606. The van der Waals surface area contributed by atoms with Crippen LogP contribution >= 0.6 is 0 Å². The minimum Gasteiger partial charge on any atom is -0.494 e. The largest absolute Gasteiger partial charge is 0.494 e. The molecule has 4 nitrogen and oxygen atoms in total. The molecule has 0 saturated heterocycles.